The maximum Gasteiger partial charge on any atom is 0.266 e. The van der Waals surface area contributed by atoms with Crippen molar-refractivity contribution in [3.05, 3.63) is 134 Å². The number of carbonyl (C=O) groups is 1. The fourth-order valence-electron chi connectivity index (χ4n) is 4.70. The van der Waals surface area contributed by atoms with Crippen LogP contribution in [0, 0.1) is 0 Å². The zero-order valence-corrected chi connectivity index (χ0v) is 24.4. The fraction of sp³-hybridized carbons (Fsp3) is 0.156. The first-order valence-electron chi connectivity index (χ1n) is 12.8. The number of carbonyl (C=O) groups excluding carboxylic acids is 1. The van der Waals surface area contributed by atoms with Crippen molar-refractivity contribution in [3.63, 3.8) is 0 Å². The van der Waals surface area contributed by atoms with Gasteiger partial charge in [0.25, 0.3) is 11.5 Å². The Labute approximate surface area is 245 Å². The van der Waals surface area contributed by atoms with Gasteiger partial charge >= 0.3 is 0 Å². The van der Waals surface area contributed by atoms with E-state index in [-0.39, 0.29) is 11.5 Å². The van der Waals surface area contributed by atoms with Gasteiger partial charge in [-0.3, -0.25) is 14.2 Å². The van der Waals surface area contributed by atoms with Gasteiger partial charge in [0.15, 0.2) is 0 Å². The van der Waals surface area contributed by atoms with Gasteiger partial charge in [-0.15, -0.1) is 0 Å². The van der Waals surface area contributed by atoms with E-state index in [0.29, 0.717) is 51.7 Å². The summed E-state index contributed by atoms with van der Waals surface area (Å²) in [5.74, 6) is 0.947. The average Bonchev–Trinajstić information content (AvgIpc) is 2.97. The van der Waals surface area contributed by atoms with E-state index in [0.717, 1.165) is 10.0 Å². The Balaban J connectivity index is 1.66. The average molecular weight is 617 g/mol. The first-order valence-corrected chi connectivity index (χ1v) is 14.0. The van der Waals surface area contributed by atoms with Gasteiger partial charge in [-0.25, -0.2) is 4.98 Å². The molecule has 0 bridgehead atoms. The molecule has 1 heterocycles. The highest BCUT2D eigenvalue weighted by Crippen LogP contribution is 2.27. The van der Waals surface area contributed by atoms with Crippen molar-refractivity contribution < 1.29 is 9.53 Å². The van der Waals surface area contributed by atoms with Gasteiger partial charge in [0.1, 0.15) is 11.6 Å². The van der Waals surface area contributed by atoms with Gasteiger partial charge in [0, 0.05) is 21.6 Å². The molecule has 0 saturated heterocycles. The van der Waals surface area contributed by atoms with Crippen LogP contribution in [0.2, 0.25) is 5.02 Å². The molecule has 0 fully saturated rings. The number of amides is 1. The van der Waals surface area contributed by atoms with Crippen molar-refractivity contribution in [2.45, 2.75) is 19.4 Å². The zero-order valence-electron chi connectivity index (χ0n) is 22.1. The summed E-state index contributed by atoms with van der Waals surface area (Å²) < 4.78 is 7.78. The van der Waals surface area contributed by atoms with Crippen LogP contribution >= 0.6 is 27.5 Å². The first kappa shape index (κ1) is 27.6. The van der Waals surface area contributed by atoms with E-state index in [4.69, 9.17) is 21.3 Å². The van der Waals surface area contributed by atoms with Crippen LogP contribution in [0.3, 0.4) is 0 Å². The Morgan fingerprint density at radius 1 is 1.00 bits per heavy atom. The summed E-state index contributed by atoms with van der Waals surface area (Å²) in [6.07, 6.45) is 0.639. The number of hydrogen-bond acceptors (Lipinski definition) is 4. The van der Waals surface area contributed by atoms with Crippen molar-refractivity contribution >= 4 is 44.3 Å². The van der Waals surface area contributed by atoms with E-state index in [2.05, 4.69) is 15.9 Å². The summed E-state index contributed by atoms with van der Waals surface area (Å²) in [5.41, 5.74) is 2.51. The first-order chi connectivity index (χ1) is 19.4. The van der Waals surface area contributed by atoms with Crippen molar-refractivity contribution in [1.29, 1.82) is 0 Å². The van der Waals surface area contributed by atoms with Crippen molar-refractivity contribution in [3.8, 4) is 11.4 Å². The van der Waals surface area contributed by atoms with Crippen LogP contribution in [0.1, 0.15) is 34.7 Å². The van der Waals surface area contributed by atoms with Crippen LogP contribution < -0.4 is 10.3 Å². The van der Waals surface area contributed by atoms with E-state index in [1.807, 2.05) is 61.5 Å². The van der Waals surface area contributed by atoms with Crippen LogP contribution in [0.4, 0.5) is 0 Å². The largest absolute Gasteiger partial charge is 0.497 e. The number of nitrogens with zero attached hydrogens (tertiary/aromatic N) is 3. The normalized spacial score (nSPS) is 11.8. The Bertz CT molecular complexity index is 1710. The quantitative estimate of drug-likeness (QED) is 0.184. The molecule has 0 saturated carbocycles. The number of methoxy groups -OCH3 is 1. The topological polar surface area (TPSA) is 64.4 Å². The van der Waals surface area contributed by atoms with Gasteiger partial charge < -0.3 is 9.64 Å². The molecule has 202 valence electrons. The van der Waals surface area contributed by atoms with E-state index >= 15 is 0 Å². The van der Waals surface area contributed by atoms with E-state index < -0.39 is 6.04 Å². The van der Waals surface area contributed by atoms with Gasteiger partial charge in [-0.1, -0.05) is 57.9 Å². The molecule has 40 heavy (non-hydrogen) atoms. The maximum absolute atomic E-state index is 14.0. The molecule has 1 unspecified atom stereocenters. The summed E-state index contributed by atoms with van der Waals surface area (Å²) in [6, 6.07) is 29.0. The molecule has 1 amide bonds. The van der Waals surface area contributed by atoms with Crippen molar-refractivity contribution in [1.82, 2.24) is 14.5 Å². The minimum absolute atomic E-state index is 0.155. The number of hydrogen-bond donors (Lipinski definition) is 0. The molecule has 0 spiro atoms. The molecule has 1 aromatic heterocycles. The van der Waals surface area contributed by atoms with E-state index in [9.17, 15) is 9.59 Å². The summed E-state index contributed by atoms with van der Waals surface area (Å²) in [7, 11) is 1.59. The number of benzene rings is 4. The lowest BCUT2D eigenvalue weighted by Crippen LogP contribution is -2.38. The second-order valence-corrected chi connectivity index (χ2v) is 10.7. The highest BCUT2D eigenvalue weighted by Gasteiger charge is 2.28. The van der Waals surface area contributed by atoms with Crippen molar-refractivity contribution in [2.24, 2.45) is 0 Å². The third-order valence-corrected chi connectivity index (χ3v) is 7.63. The molecular formula is C32H27BrClN3O3. The van der Waals surface area contributed by atoms with Gasteiger partial charge in [-0.05, 0) is 85.6 Å². The standard InChI is InChI=1S/C32H27BrClN3O3/c1-21(36(19-18-22-6-4-3-5-7-22)31(38)23-8-10-24(33)11-9-23)30-35-29-20-25(34)12-17-28(29)32(39)37(30)26-13-15-27(40-2)16-14-26/h3-17,20-21H,18-19H2,1-2H3. The maximum atomic E-state index is 14.0. The minimum atomic E-state index is -0.557. The van der Waals surface area contributed by atoms with Crippen LogP contribution in [0.25, 0.3) is 16.6 Å². The number of ether oxygens (including phenoxy) is 1. The third-order valence-electron chi connectivity index (χ3n) is 6.87. The Morgan fingerprint density at radius 3 is 2.38 bits per heavy atom. The molecule has 0 aliphatic rings. The monoisotopic (exact) mass is 615 g/mol. The molecule has 5 aromatic rings. The summed E-state index contributed by atoms with van der Waals surface area (Å²) in [4.78, 5) is 34.6. The van der Waals surface area contributed by atoms with Crippen LogP contribution in [0.15, 0.2) is 106 Å². The number of rotatable bonds is 8. The molecule has 0 aliphatic heterocycles. The summed E-state index contributed by atoms with van der Waals surface area (Å²) in [6.45, 7) is 2.33. The van der Waals surface area contributed by atoms with Gasteiger partial charge in [0.2, 0.25) is 0 Å². The molecule has 0 aliphatic carbocycles. The van der Waals surface area contributed by atoms with Crippen LogP contribution in [0.5, 0.6) is 5.75 Å². The second kappa shape index (κ2) is 12.1. The molecule has 1 atom stereocenters. The highest BCUT2D eigenvalue weighted by molar-refractivity contribution is 9.10. The number of fused-ring (bicyclic) bond motifs is 1. The second-order valence-electron chi connectivity index (χ2n) is 9.39. The fourth-order valence-corrected chi connectivity index (χ4v) is 5.13. The molecule has 8 heteroatoms. The SMILES string of the molecule is COc1ccc(-n2c(C(C)N(CCc3ccccc3)C(=O)c3ccc(Br)cc3)nc3cc(Cl)ccc3c2=O)cc1. The smallest absolute Gasteiger partial charge is 0.266 e. The lowest BCUT2D eigenvalue weighted by molar-refractivity contribution is 0.0683. The predicted molar refractivity (Wildman–Crippen MR) is 163 cm³/mol. The van der Waals surface area contributed by atoms with Crippen molar-refractivity contribution in [2.75, 3.05) is 13.7 Å². The van der Waals surface area contributed by atoms with Crippen LogP contribution in [-0.2, 0) is 6.42 Å². The highest BCUT2D eigenvalue weighted by atomic mass is 79.9. The molecule has 4 aromatic carbocycles. The van der Waals surface area contributed by atoms with Crippen LogP contribution in [-0.4, -0.2) is 34.0 Å². The number of aromatic nitrogens is 2. The number of halogens is 2. The minimum Gasteiger partial charge on any atom is -0.497 e. The molecule has 6 nitrogen and oxygen atoms in total. The third kappa shape index (κ3) is 5.81. The van der Waals surface area contributed by atoms with E-state index in [1.165, 1.54) is 0 Å². The van der Waals surface area contributed by atoms with Gasteiger partial charge in [0.05, 0.1) is 29.7 Å². The molecular weight excluding hydrogens is 590 g/mol. The molecule has 0 N–H and O–H groups in total. The van der Waals surface area contributed by atoms with E-state index in [1.54, 1.807) is 59.0 Å². The summed E-state index contributed by atoms with van der Waals surface area (Å²) >= 11 is 9.73. The predicted octanol–water partition coefficient (Wildman–Crippen LogP) is 7.26. The Morgan fingerprint density at radius 2 is 1.70 bits per heavy atom. The Kier molecular flexibility index (Phi) is 8.33. The van der Waals surface area contributed by atoms with Gasteiger partial charge in [-0.2, -0.15) is 0 Å². The lowest BCUT2D eigenvalue weighted by Gasteiger charge is -2.31. The molecule has 0 radical (unpaired) electrons. The zero-order chi connectivity index (χ0) is 28.2. The Hall–Kier alpha value is -3.94. The molecule has 5 rings (SSSR count). The lowest BCUT2D eigenvalue weighted by atomic mass is 10.1. The summed E-state index contributed by atoms with van der Waals surface area (Å²) in [5, 5.41) is 0.915.